The van der Waals surface area contributed by atoms with E-state index in [0.29, 0.717) is 0 Å². The fraction of sp³-hybridized carbons (Fsp3) is 0.316. The Labute approximate surface area is 133 Å². The van der Waals surface area contributed by atoms with E-state index in [1.165, 1.54) is 23.3 Å². The molecule has 0 amide bonds. The number of carbonyl (C=O) groups is 1. The van der Waals surface area contributed by atoms with Gasteiger partial charge in [0, 0.05) is 5.56 Å². The lowest BCUT2D eigenvalue weighted by atomic mass is 10.0. The van der Waals surface area contributed by atoms with E-state index in [0.717, 1.165) is 17.6 Å². The summed E-state index contributed by atoms with van der Waals surface area (Å²) in [6, 6.07) is 15.2. The Hall–Kier alpha value is -2.13. The molecule has 22 heavy (non-hydrogen) atoms. The van der Waals surface area contributed by atoms with Crippen LogP contribution in [-0.2, 0) is 11.3 Å². The minimum atomic E-state index is -1.19. The zero-order chi connectivity index (χ0) is 16.8. The molecule has 3 heteroatoms. The van der Waals surface area contributed by atoms with Crippen molar-refractivity contribution in [2.24, 2.45) is 0 Å². The summed E-state index contributed by atoms with van der Waals surface area (Å²) in [5.41, 5.74) is 1.51. The summed E-state index contributed by atoms with van der Waals surface area (Å²) < 4.78 is 1.04. The smallest absolute Gasteiger partial charge is 0.105 e. The normalized spacial score (nSPS) is 10.7. The second-order valence-corrected chi connectivity index (χ2v) is 6.12. The van der Waals surface area contributed by atoms with E-state index in [2.05, 4.69) is 70.1 Å². The van der Waals surface area contributed by atoms with Crippen molar-refractivity contribution in [2.45, 2.75) is 20.4 Å². The van der Waals surface area contributed by atoms with Crippen molar-refractivity contribution in [1.82, 2.24) is 0 Å². The van der Waals surface area contributed by atoms with Gasteiger partial charge in [0.15, 0.2) is 0 Å². The average Bonchev–Trinajstić information content (AvgIpc) is 2.48. The van der Waals surface area contributed by atoms with Crippen LogP contribution >= 0.6 is 0 Å². The molecule has 3 nitrogen and oxygen atoms in total. The largest absolute Gasteiger partial charge is 0.545 e. The van der Waals surface area contributed by atoms with Gasteiger partial charge in [-0.2, -0.15) is 0 Å². The van der Waals surface area contributed by atoms with E-state index >= 15 is 0 Å². The number of carboxylic acid groups (broad SMARTS) is 1. The third kappa shape index (κ3) is 5.34. The summed E-state index contributed by atoms with van der Waals surface area (Å²) in [7, 11) is 4.56. The third-order valence-electron chi connectivity index (χ3n) is 3.68. The minimum Gasteiger partial charge on any atom is -0.545 e. The van der Waals surface area contributed by atoms with Crippen LogP contribution in [0.15, 0.2) is 54.6 Å². The minimum absolute atomic E-state index is 0.0648. The highest BCUT2D eigenvalue weighted by Gasteiger charge is 2.14. The first kappa shape index (κ1) is 17.9. The maximum absolute atomic E-state index is 9.49. The zero-order valence-corrected chi connectivity index (χ0v) is 13.9. The number of carboxylic acids is 1. The fourth-order valence-corrected chi connectivity index (χ4v) is 2.00. The topological polar surface area (TPSA) is 40.1 Å². The van der Waals surface area contributed by atoms with E-state index in [4.69, 9.17) is 0 Å². The van der Waals surface area contributed by atoms with Gasteiger partial charge in [0.2, 0.25) is 0 Å². The molecular weight excluding hydrogens is 274 g/mol. The standard InChI is InChI=1S/C15H20N.C4H6O2/c1-4-16(2,3)12-14-10-7-9-13-8-5-6-11-15(13)14;1-3(2)4(5)6/h5-11H,4,12H2,1-3H3;1H2,2H3,(H,5,6)/q+1;/p-1. The maximum Gasteiger partial charge on any atom is 0.105 e. The van der Waals surface area contributed by atoms with Crippen LogP contribution in [0, 0.1) is 0 Å². The highest BCUT2D eigenvalue weighted by atomic mass is 16.4. The Bertz CT molecular complexity index is 642. The van der Waals surface area contributed by atoms with E-state index in [1.54, 1.807) is 0 Å². The number of carbonyl (C=O) groups excluding carboxylic acids is 1. The number of hydrogen-bond donors (Lipinski definition) is 0. The van der Waals surface area contributed by atoms with Gasteiger partial charge < -0.3 is 14.4 Å². The first-order valence-electron chi connectivity index (χ1n) is 7.42. The fourth-order valence-electron chi connectivity index (χ4n) is 2.00. The Balaban J connectivity index is 0.000000346. The monoisotopic (exact) mass is 299 g/mol. The Morgan fingerprint density at radius 1 is 1.14 bits per heavy atom. The molecule has 0 radical (unpaired) electrons. The number of fused-ring (bicyclic) bond motifs is 1. The number of hydrogen-bond acceptors (Lipinski definition) is 2. The number of quaternary nitrogens is 1. The van der Waals surface area contributed by atoms with E-state index in [1.807, 2.05) is 0 Å². The Kier molecular flexibility index (Phi) is 6.32. The molecule has 0 aliphatic carbocycles. The van der Waals surface area contributed by atoms with Crippen LogP contribution in [-0.4, -0.2) is 31.1 Å². The van der Waals surface area contributed by atoms with Crippen LogP contribution in [0.5, 0.6) is 0 Å². The van der Waals surface area contributed by atoms with Crippen LogP contribution < -0.4 is 5.11 Å². The van der Waals surface area contributed by atoms with Gasteiger partial charge in [-0.15, -0.1) is 0 Å². The quantitative estimate of drug-likeness (QED) is 0.643. The number of nitrogens with zero attached hydrogens (tertiary/aromatic N) is 1. The second-order valence-electron chi connectivity index (χ2n) is 6.12. The SMILES string of the molecule is C=C(C)C(=O)[O-].CC[N+](C)(C)Cc1cccc2ccccc12. The maximum atomic E-state index is 9.49. The van der Waals surface area contributed by atoms with Gasteiger partial charge in [0.1, 0.15) is 6.54 Å². The highest BCUT2D eigenvalue weighted by Crippen LogP contribution is 2.21. The van der Waals surface area contributed by atoms with Crippen molar-refractivity contribution < 1.29 is 14.4 Å². The summed E-state index contributed by atoms with van der Waals surface area (Å²) in [6.07, 6.45) is 0. The predicted molar refractivity (Wildman–Crippen MR) is 90.1 cm³/mol. The molecule has 0 atom stereocenters. The molecule has 0 saturated heterocycles. The van der Waals surface area contributed by atoms with Crippen LogP contribution in [0.3, 0.4) is 0 Å². The lowest BCUT2D eigenvalue weighted by Crippen LogP contribution is -2.38. The van der Waals surface area contributed by atoms with Crippen molar-refractivity contribution in [3.05, 3.63) is 60.2 Å². The first-order valence-corrected chi connectivity index (χ1v) is 7.42. The molecule has 0 N–H and O–H groups in total. The van der Waals surface area contributed by atoms with E-state index in [-0.39, 0.29) is 5.57 Å². The molecule has 0 aliphatic heterocycles. The first-order chi connectivity index (χ1) is 10.3. The van der Waals surface area contributed by atoms with Crippen molar-refractivity contribution in [2.75, 3.05) is 20.6 Å². The lowest BCUT2D eigenvalue weighted by Gasteiger charge is -2.28. The predicted octanol–water partition coefficient (Wildman–Crippen LogP) is 2.75. The van der Waals surface area contributed by atoms with Gasteiger partial charge in [-0.1, -0.05) is 49.0 Å². The van der Waals surface area contributed by atoms with Gasteiger partial charge in [-0.25, -0.2) is 0 Å². The van der Waals surface area contributed by atoms with Gasteiger partial charge in [0.05, 0.1) is 26.6 Å². The van der Waals surface area contributed by atoms with Crippen molar-refractivity contribution in [3.63, 3.8) is 0 Å². The van der Waals surface area contributed by atoms with Crippen molar-refractivity contribution >= 4 is 16.7 Å². The molecule has 0 fully saturated rings. The molecule has 0 aliphatic rings. The zero-order valence-electron chi connectivity index (χ0n) is 13.9. The van der Waals surface area contributed by atoms with Crippen molar-refractivity contribution in [1.29, 1.82) is 0 Å². The van der Waals surface area contributed by atoms with Gasteiger partial charge in [-0.3, -0.25) is 0 Å². The summed E-state index contributed by atoms with van der Waals surface area (Å²) in [5.74, 6) is -1.19. The summed E-state index contributed by atoms with van der Waals surface area (Å²) in [5, 5.41) is 12.2. The average molecular weight is 299 g/mol. The van der Waals surface area contributed by atoms with E-state index < -0.39 is 5.97 Å². The second kappa shape index (κ2) is 7.76. The molecular formula is C19H25NO2. The summed E-state index contributed by atoms with van der Waals surface area (Å²) >= 11 is 0. The molecule has 2 rings (SSSR count). The molecule has 0 aromatic heterocycles. The number of rotatable bonds is 4. The van der Waals surface area contributed by atoms with Crippen LogP contribution in [0.25, 0.3) is 10.8 Å². The summed E-state index contributed by atoms with van der Waals surface area (Å²) in [4.78, 5) is 9.49. The molecule has 2 aromatic carbocycles. The van der Waals surface area contributed by atoms with Gasteiger partial charge >= 0.3 is 0 Å². The van der Waals surface area contributed by atoms with Gasteiger partial charge in [-0.05, 0) is 30.2 Å². The lowest BCUT2D eigenvalue weighted by molar-refractivity contribution is -0.901. The third-order valence-corrected chi connectivity index (χ3v) is 3.68. The summed E-state index contributed by atoms with van der Waals surface area (Å²) in [6.45, 7) is 8.97. The number of benzene rings is 2. The highest BCUT2D eigenvalue weighted by molar-refractivity contribution is 5.85. The van der Waals surface area contributed by atoms with Crippen LogP contribution in [0.2, 0.25) is 0 Å². The molecule has 0 saturated carbocycles. The molecule has 0 unspecified atom stereocenters. The van der Waals surface area contributed by atoms with Gasteiger partial charge in [0.25, 0.3) is 0 Å². The Morgan fingerprint density at radius 3 is 2.23 bits per heavy atom. The molecule has 0 bridgehead atoms. The number of aliphatic carboxylic acids is 1. The van der Waals surface area contributed by atoms with E-state index in [9.17, 15) is 9.90 Å². The molecule has 0 heterocycles. The van der Waals surface area contributed by atoms with Crippen molar-refractivity contribution in [3.8, 4) is 0 Å². The molecule has 0 spiro atoms. The molecule has 118 valence electrons. The van der Waals surface area contributed by atoms with Crippen LogP contribution in [0.4, 0.5) is 0 Å². The Morgan fingerprint density at radius 2 is 1.68 bits per heavy atom. The van der Waals surface area contributed by atoms with Crippen LogP contribution in [0.1, 0.15) is 19.4 Å². The molecule has 2 aromatic rings.